The summed E-state index contributed by atoms with van der Waals surface area (Å²) in [6.45, 7) is 9.67. The maximum atomic E-state index is 12.8. The van der Waals surface area contributed by atoms with Crippen molar-refractivity contribution in [2.24, 2.45) is 5.92 Å². The van der Waals surface area contributed by atoms with E-state index in [4.69, 9.17) is 0 Å². The number of nitrogens with zero attached hydrogens (tertiary/aromatic N) is 5. The first kappa shape index (κ1) is 16.7. The van der Waals surface area contributed by atoms with E-state index in [1.165, 1.54) is 0 Å². The molecule has 1 amide bonds. The van der Waals surface area contributed by atoms with Gasteiger partial charge in [-0.15, -0.1) is 0 Å². The minimum absolute atomic E-state index is 0.132. The summed E-state index contributed by atoms with van der Waals surface area (Å²) in [5.41, 5.74) is 1.74. The Kier molecular flexibility index (Phi) is 5.02. The van der Waals surface area contributed by atoms with Crippen molar-refractivity contribution in [1.29, 1.82) is 0 Å². The van der Waals surface area contributed by atoms with Gasteiger partial charge < -0.3 is 9.47 Å². The highest BCUT2D eigenvalue weighted by Crippen LogP contribution is 2.22. The van der Waals surface area contributed by atoms with Crippen molar-refractivity contribution in [2.75, 3.05) is 13.1 Å². The monoisotopic (exact) mass is 329 g/mol. The van der Waals surface area contributed by atoms with Crippen LogP contribution in [0, 0.1) is 19.8 Å². The lowest BCUT2D eigenvalue weighted by atomic mass is 9.96. The molecule has 1 saturated heterocycles. The number of aryl methyl sites for hydroxylation is 2. The van der Waals surface area contributed by atoms with E-state index in [9.17, 15) is 4.79 Å². The molecule has 0 N–H and O–H groups in total. The Morgan fingerprint density at radius 3 is 2.67 bits per heavy atom. The lowest BCUT2D eigenvalue weighted by molar-refractivity contribution is 0.0681. The van der Waals surface area contributed by atoms with E-state index >= 15 is 0 Å². The summed E-state index contributed by atoms with van der Waals surface area (Å²) in [5.74, 6) is 1.81. The second-order valence-corrected chi connectivity index (χ2v) is 6.73. The van der Waals surface area contributed by atoms with E-state index in [0.29, 0.717) is 5.92 Å². The van der Waals surface area contributed by atoms with Crippen LogP contribution in [0.3, 0.4) is 0 Å². The molecule has 2 aromatic rings. The molecule has 0 bridgehead atoms. The maximum Gasteiger partial charge on any atom is 0.257 e. The molecule has 0 spiro atoms. The molecule has 2 aromatic heterocycles. The number of hydrogen-bond acceptors (Lipinski definition) is 3. The van der Waals surface area contributed by atoms with E-state index in [2.05, 4.69) is 21.6 Å². The Morgan fingerprint density at radius 2 is 2.04 bits per heavy atom. The average molecular weight is 329 g/mol. The molecule has 6 nitrogen and oxygen atoms in total. The number of likely N-dealkylation sites (tertiary alicyclic amines) is 1. The third-order valence-corrected chi connectivity index (χ3v) is 5.05. The molecule has 130 valence electrons. The molecule has 1 aliphatic rings. The highest BCUT2D eigenvalue weighted by atomic mass is 16.2. The van der Waals surface area contributed by atoms with Gasteiger partial charge in [0.25, 0.3) is 5.91 Å². The minimum Gasteiger partial charge on any atom is -0.339 e. The Hall–Kier alpha value is -2.11. The van der Waals surface area contributed by atoms with Crippen LogP contribution >= 0.6 is 0 Å². The first-order chi connectivity index (χ1) is 11.6. The van der Waals surface area contributed by atoms with Gasteiger partial charge in [0.2, 0.25) is 0 Å². The van der Waals surface area contributed by atoms with Crippen molar-refractivity contribution in [3.8, 4) is 0 Å². The van der Waals surface area contributed by atoms with Crippen LogP contribution in [0.15, 0.2) is 18.6 Å². The van der Waals surface area contributed by atoms with Crippen molar-refractivity contribution in [3.63, 3.8) is 0 Å². The van der Waals surface area contributed by atoms with Gasteiger partial charge >= 0.3 is 0 Å². The molecule has 3 heterocycles. The van der Waals surface area contributed by atoms with Crippen LogP contribution in [-0.2, 0) is 13.1 Å². The zero-order valence-electron chi connectivity index (χ0n) is 14.9. The molecule has 1 aliphatic heterocycles. The van der Waals surface area contributed by atoms with Crippen molar-refractivity contribution < 1.29 is 4.79 Å². The van der Waals surface area contributed by atoms with Crippen LogP contribution in [-0.4, -0.2) is 43.2 Å². The zero-order valence-corrected chi connectivity index (χ0v) is 14.9. The van der Waals surface area contributed by atoms with Crippen LogP contribution in [0.1, 0.15) is 48.1 Å². The number of carbonyl (C=O) groups excluding carboxylic acids is 1. The van der Waals surface area contributed by atoms with Crippen molar-refractivity contribution >= 4 is 5.91 Å². The zero-order chi connectivity index (χ0) is 17.1. The largest absolute Gasteiger partial charge is 0.339 e. The second-order valence-electron chi connectivity index (χ2n) is 6.73. The van der Waals surface area contributed by atoms with Crippen molar-refractivity contribution in [3.05, 3.63) is 35.7 Å². The third kappa shape index (κ3) is 3.37. The van der Waals surface area contributed by atoms with Crippen LogP contribution in [0.5, 0.6) is 0 Å². The topological polar surface area (TPSA) is 56.0 Å². The van der Waals surface area contributed by atoms with Gasteiger partial charge in [-0.2, -0.15) is 5.10 Å². The summed E-state index contributed by atoms with van der Waals surface area (Å²) in [5, 5.41) is 4.35. The Balaban J connectivity index is 1.58. The SMILES string of the molecule is CCCn1ncc(C(=O)N2CCC(Cn3ccnc3C)CC2)c1C. The number of piperidine rings is 1. The molecule has 0 radical (unpaired) electrons. The molecule has 1 fully saturated rings. The van der Waals surface area contributed by atoms with Crippen molar-refractivity contribution in [1.82, 2.24) is 24.2 Å². The fourth-order valence-electron chi connectivity index (χ4n) is 3.46. The Labute approximate surface area is 143 Å². The highest BCUT2D eigenvalue weighted by Gasteiger charge is 2.26. The lowest BCUT2D eigenvalue weighted by Crippen LogP contribution is -2.39. The normalized spacial score (nSPS) is 15.9. The van der Waals surface area contributed by atoms with Crippen molar-refractivity contribution in [2.45, 2.75) is 53.1 Å². The molecule has 0 aromatic carbocycles. The standard InChI is InChI=1S/C18H27N5O/c1-4-8-23-14(2)17(12-20-23)18(24)21-9-5-16(6-10-21)13-22-11-7-19-15(22)3/h7,11-12,16H,4-6,8-10,13H2,1-3H3. The first-order valence-corrected chi connectivity index (χ1v) is 8.89. The van der Waals surface area contributed by atoms with Gasteiger partial charge in [0.05, 0.1) is 11.8 Å². The van der Waals surface area contributed by atoms with E-state index in [-0.39, 0.29) is 5.91 Å². The number of amides is 1. The molecule has 24 heavy (non-hydrogen) atoms. The molecule has 0 unspecified atom stereocenters. The van der Waals surface area contributed by atoms with E-state index < -0.39 is 0 Å². The fourth-order valence-corrected chi connectivity index (χ4v) is 3.46. The molecular weight excluding hydrogens is 302 g/mol. The summed E-state index contributed by atoms with van der Waals surface area (Å²) in [4.78, 5) is 19.0. The van der Waals surface area contributed by atoms with Crippen LogP contribution in [0.25, 0.3) is 0 Å². The average Bonchev–Trinajstić information content (AvgIpc) is 3.15. The van der Waals surface area contributed by atoms with Gasteiger partial charge in [-0.3, -0.25) is 9.48 Å². The Morgan fingerprint density at radius 1 is 1.29 bits per heavy atom. The van der Waals surface area contributed by atoms with E-state index in [0.717, 1.165) is 62.5 Å². The summed E-state index contributed by atoms with van der Waals surface area (Å²) >= 11 is 0. The molecule has 3 rings (SSSR count). The van der Waals surface area contributed by atoms with E-state index in [1.807, 2.05) is 35.8 Å². The van der Waals surface area contributed by atoms with E-state index in [1.54, 1.807) is 6.20 Å². The second kappa shape index (κ2) is 7.20. The molecule has 0 saturated carbocycles. The first-order valence-electron chi connectivity index (χ1n) is 8.89. The maximum absolute atomic E-state index is 12.8. The number of aromatic nitrogens is 4. The quantitative estimate of drug-likeness (QED) is 0.847. The molecule has 0 aliphatic carbocycles. The summed E-state index contributed by atoms with van der Waals surface area (Å²) in [6.07, 6.45) is 8.74. The predicted octanol–water partition coefficient (Wildman–Crippen LogP) is 2.66. The number of hydrogen-bond donors (Lipinski definition) is 0. The summed E-state index contributed by atoms with van der Waals surface area (Å²) in [6, 6.07) is 0. The number of carbonyl (C=O) groups is 1. The predicted molar refractivity (Wildman–Crippen MR) is 92.8 cm³/mol. The number of rotatable bonds is 5. The lowest BCUT2D eigenvalue weighted by Gasteiger charge is -2.32. The van der Waals surface area contributed by atoms with Gasteiger partial charge in [-0.25, -0.2) is 4.98 Å². The van der Waals surface area contributed by atoms with Gasteiger partial charge in [0.15, 0.2) is 0 Å². The smallest absolute Gasteiger partial charge is 0.257 e. The van der Waals surface area contributed by atoms with Crippen LogP contribution < -0.4 is 0 Å². The Bertz CT molecular complexity index is 694. The van der Waals surface area contributed by atoms with Crippen LogP contribution in [0.4, 0.5) is 0 Å². The molecule has 6 heteroatoms. The van der Waals surface area contributed by atoms with Gasteiger partial charge in [0, 0.05) is 44.3 Å². The minimum atomic E-state index is 0.132. The molecular formula is C18H27N5O. The fraction of sp³-hybridized carbons (Fsp3) is 0.611. The van der Waals surface area contributed by atoms with Gasteiger partial charge in [0.1, 0.15) is 5.82 Å². The van der Waals surface area contributed by atoms with Crippen LogP contribution in [0.2, 0.25) is 0 Å². The molecule has 0 atom stereocenters. The third-order valence-electron chi connectivity index (χ3n) is 5.05. The highest BCUT2D eigenvalue weighted by molar-refractivity contribution is 5.95. The summed E-state index contributed by atoms with van der Waals surface area (Å²) in [7, 11) is 0. The summed E-state index contributed by atoms with van der Waals surface area (Å²) < 4.78 is 4.14. The van der Waals surface area contributed by atoms with Gasteiger partial charge in [-0.1, -0.05) is 6.92 Å². The number of imidazole rings is 1. The van der Waals surface area contributed by atoms with Gasteiger partial charge in [-0.05, 0) is 39.0 Å².